The van der Waals surface area contributed by atoms with E-state index in [0.717, 1.165) is 6.08 Å². The molecular weight excluding hydrogens is 431 g/mol. The Hall–Kier alpha value is -1.10. The fraction of sp³-hybridized carbons (Fsp3) is 0.545. The number of carbonyl (C=O) groups is 2. The van der Waals surface area contributed by atoms with Crippen molar-refractivity contribution < 1.29 is 14.7 Å². The van der Waals surface area contributed by atoms with E-state index in [1.807, 2.05) is 0 Å². The van der Waals surface area contributed by atoms with Crippen molar-refractivity contribution >= 4 is 37.1 Å². The van der Waals surface area contributed by atoms with Gasteiger partial charge in [-0.25, -0.2) is 0 Å². The van der Waals surface area contributed by atoms with Gasteiger partial charge in [-0.15, -0.1) is 0 Å². The van der Waals surface area contributed by atoms with E-state index < -0.39 is 31.3 Å². The molecule has 0 radical (unpaired) electrons. The summed E-state index contributed by atoms with van der Waals surface area (Å²) in [5.41, 5.74) is 0.520. The van der Waals surface area contributed by atoms with E-state index in [-0.39, 0.29) is 11.3 Å². The number of allylic oxidation sites excluding steroid dienone is 1. The summed E-state index contributed by atoms with van der Waals surface area (Å²) in [6.45, 7) is 7.00. The molecule has 0 unspecified atom stereocenters. The van der Waals surface area contributed by atoms with Crippen LogP contribution in [0.5, 0.6) is 0 Å². The second kappa shape index (κ2) is 13.1. The number of fused-ring (bicyclic) bond motifs is 1. The zero-order chi connectivity index (χ0) is 19.4. The van der Waals surface area contributed by atoms with Gasteiger partial charge in [-0.1, -0.05) is 30.0 Å². The molecule has 0 spiro atoms. The molecule has 1 aliphatic rings. The number of Topliss-reactive ketones (excluding diaryl/α,β-unsaturated/α-hetero) is 1. The molecule has 0 N–H and O–H groups in total. The topological polar surface area (TPSA) is 57.2 Å². The maximum Gasteiger partial charge on any atom is 0.233 e. The van der Waals surface area contributed by atoms with Crippen molar-refractivity contribution in [3.63, 3.8) is 0 Å². The van der Waals surface area contributed by atoms with E-state index in [1.54, 1.807) is 31.5 Å². The van der Waals surface area contributed by atoms with Crippen molar-refractivity contribution in [2.45, 2.75) is 72.6 Å². The molecule has 0 amide bonds. The van der Waals surface area contributed by atoms with Crippen LogP contribution in [0.25, 0.3) is 5.76 Å². The van der Waals surface area contributed by atoms with Crippen LogP contribution in [0.2, 0.25) is 13.3 Å². The van der Waals surface area contributed by atoms with Crippen LogP contribution in [-0.4, -0.2) is 31.3 Å². The van der Waals surface area contributed by atoms with Crippen molar-refractivity contribution in [2.75, 3.05) is 0 Å². The first kappa shape index (κ1) is 22.9. The minimum absolute atomic E-state index is 0.208. The molecule has 0 aliphatic heterocycles. The number of carbonyl (C=O) groups excluding carboxylic acids is 2. The molecule has 0 fully saturated rings. The molecule has 1 aliphatic carbocycles. The molecule has 1 aromatic carbocycles. The maximum atomic E-state index is 11.2. The fourth-order valence-corrected chi connectivity index (χ4v) is 12.4. The SMILES string of the molecule is CCC[CH2][Sn+]([CH2]CCC)[CH2]CCC.O=C1C=C([O-])c2ccccc2C1=O. The normalized spacial score (nSPS) is 12.8. The quantitative estimate of drug-likeness (QED) is 0.381. The first-order valence-corrected chi connectivity index (χ1v) is 16.0. The minimum Gasteiger partial charge on any atom is -0.872 e. The zero-order valence-electron chi connectivity index (χ0n) is 16.5. The van der Waals surface area contributed by atoms with E-state index in [2.05, 4.69) is 20.8 Å². The number of unbranched alkanes of at least 4 members (excludes halogenated alkanes) is 3. The van der Waals surface area contributed by atoms with E-state index in [9.17, 15) is 14.7 Å². The first-order valence-electron chi connectivity index (χ1n) is 9.95. The van der Waals surface area contributed by atoms with E-state index in [0.29, 0.717) is 5.56 Å². The molecule has 0 aromatic heterocycles. The molecule has 1 aromatic rings. The fourth-order valence-electron chi connectivity index (χ4n) is 2.95. The average molecular weight is 463 g/mol. The Morgan fingerprint density at radius 3 is 1.73 bits per heavy atom. The van der Waals surface area contributed by atoms with Gasteiger partial charge < -0.3 is 5.11 Å². The molecule has 0 heterocycles. The van der Waals surface area contributed by atoms with Crippen molar-refractivity contribution in [1.82, 2.24) is 0 Å². The van der Waals surface area contributed by atoms with Gasteiger partial charge in [0.05, 0.1) is 0 Å². The third kappa shape index (κ3) is 7.65. The van der Waals surface area contributed by atoms with Crippen molar-refractivity contribution in [3.8, 4) is 0 Å². The summed E-state index contributed by atoms with van der Waals surface area (Å²) in [4.78, 5) is 22.2. The summed E-state index contributed by atoms with van der Waals surface area (Å²) in [6, 6.07) is 6.31. The maximum absolute atomic E-state index is 11.2. The molecule has 4 heteroatoms. The molecule has 142 valence electrons. The van der Waals surface area contributed by atoms with Crippen LogP contribution in [0.4, 0.5) is 0 Å². The van der Waals surface area contributed by atoms with Gasteiger partial charge in [-0.2, -0.15) is 0 Å². The second-order valence-corrected chi connectivity index (χ2v) is 15.4. The Morgan fingerprint density at radius 2 is 1.27 bits per heavy atom. The summed E-state index contributed by atoms with van der Waals surface area (Å²) in [5.74, 6) is -1.72. The zero-order valence-corrected chi connectivity index (χ0v) is 19.3. The van der Waals surface area contributed by atoms with Crippen molar-refractivity contribution in [3.05, 3.63) is 41.5 Å². The predicted octanol–water partition coefficient (Wildman–Crippen LogP) is 5.03. The number of ketones is 2. The van der Waals surface area contributed by atoms with Gasteiger partial charge in [-0.05, 0) is 11.6 Å². The van der Waals surface area contributed by atoms with Crippen LogP contribution in [0.3, 0.4) is 0 Å². The van der Waals surface area contributed by atoms with E-state index >= 15 is 0 Å². The molecule has 0 bridgehead atoms. The molecule has 0 atom stereocenters. The molecule has 0 saturated carbocycles. The molecule has 3 nitrogen and oxygen atoms in total. The summed E-state index contributed by atoms with van der Waals surface area (Å²) in [5, 5.41) is 11.2. The van der Waals surface area contributed by atoms with Crippen LogP contribution in [0, 0.1) is 0 Å². The smallest absolute Gasteiger partial charge is 0.233 e. The van der Waals surface area contributed by atoms with Crippen LogP contribution >= 0.6 is 0 Å². The van der Waals surface area contributed by atoms with Crippen molar-refractivity contribution in [2.24, 2.45) is 0 Å². The van der Waals surface area contributed by atoms with Crippen LogP contribution < -0.4 is 5.11 Å². The van der Waals surface area contributed by atoms with Gasteiger partial charge in [-0.3, -0.25) is 9.59 Å². The van der Waals surface area contributed by atoms with Crippen LogP contribution in [0.1, 0.15) is 75.2 Å². The Labute approximate surface area is 165 Å². The van der Waals surface area contributed by atoms with Crippen molar-refractivity contribution in [1.29, 1.82) is 0 Å². The Kier molecular flexibility index (Phi) is 11.6. The number of hydrogen-bond donors (Lipinski definition) is 0. The number of benzene rings is 1. The minimum atomic E-state index is -0.839. The monoisotopic (exact) mass is 464 g/mol. The molecule has 2 rings (SSSR count). The van der Waals surface area contributed by atoms with Crippen LogP contribution in [0.15, 0.2) is 30.3 Å². The van der Waals surface area contributed by atoms with Crippen LogP contribution in [-0.2, 0) is 4.79 Å². The summed E-state index contributed by atoms with van der Waals surface area (Å²) < 4.78 is 5.04. The first-order chi connectivity index (χ1) is 12.5. The van der Waals surface area contributed by atoms with Gasteiger partial charge in [0, 0.05) is 5.56 Å². The Balaban J connectivity index is 0.000000260. The van der Waals surface area contributed by atoms with Gasteiger partial charge in [0.2, 0.25) is 11.6 Å². The van der Waals surface area contributed by atoms with Gasteiger partial charge in [0.1, 0.15) is 0 Å². The average Bonchev–Trinajstić information content (AvgIpc) is 2.66. The van der Waals surface area contributed by atoms with E-state index in [1.165, 1.54) is 44.6 Å². The second-order valence-electron chi connectivity index (χ2n) is 6.81. The van der Waals surface area contributed by atoms with E-state index in [4.69, 9.17) is 0 Å². The van der Waals surface area contributed by atoms with Gasteiger partial charge in [0.25, 0.3) is 0 Å². The summed E-state index contributed by atoms with van der Waals surface area (Å²) in [6.07, 6.45) is 9.68. The predicted molar refractivity (Wildman–Crippen MR) is 109 cm³/mol. The summed E-state index contributed by atoms with van der Waals surface area (Å²) in [7, 11) is 0. The Morgan fingerprint density at radius 1 is 0.808 bits per heavy atom. The third-order valence-electron chi connectivity index (χ3n) is 4.57. The molecular formula is C22H32O3Sn. The standard InChI is InChI=1S/C10H6O3.3C4H9.Sn/c11-8-5-9(12)10(13)7-4-2-1-3-6(7)8;3*1-3-4-2;/h1-5,11H;3*1,3-4H2,2H3;/q;;;;+1/p-1. The third-order valence-corrected chi connectivity index (χ3v) is 13.7. The number of hydrogen-bond acceptors (Lipinski definition) is 3. The molecule has 26 heavy (non-hydrogen) atoms. The van der Waals surface area contributed by atoms with Gasteiger partial charge >= 0.3 is 92.4 Å². The number of rotatable bonds is 9. The largest absolute Gasteiger partial charge is 0.872 e. The molecule has 0 saturated heterocycles. The Bertz CT molecular complexity index is 588. The summed E-state index contributed by atoms with van der Waals surface area (Å²) >= 11 is -0.839. The van der Waals surface area contributed by atoms with Gasteiger partial charge in [0.15, 0.2) is 0 Å².